The largest absolute Gasteiger partial charge is 0.444 e. The van der Waals surface area contributed by atoms with Crippen molar-refractivity contribution in [3.05, 3.63) is 53.6 Å². The number of hydrogen-bond acceptors (Lipinski definition) is 4. The van der Waals surface area contributed by atoms with Gasteiger partial charge in [-0.2, -0.15) is 0 Å². The molecule has 0 bridgehead atoms. The van der Waals surface area contributed by atoms with Crippen LogP contribution >= 0.6 is 0 Å². The molecule has 5 rings (SSSR count). The fraction of sp³-hybridized carbons (Fsp3) is 0.423. The molecule has 3 aromatic rings. The van der Waals surface area contributed by atoms with Crippen LogP contribution in [-0.4, -0.2) is 51.7 Å². The molecule has 33 heavy (non-hydrogen) atoms. The molecule has 0 radical (unpaired) electrons. The quantitative estimate of drug-likeness (QED) is 0.626. The number of amides is 2. The van der Waals surface area contributed by atoms with Gasteiger partial charge in [0.15, 0.2) is 0 Å². The summed E-state index contributed by atoms with van der Waals surface area (Å²) in [7, 11) is 0. The van der Waals surface area contributed by atoms with Crippen LogP contribution in [-0.2, 0) is 11.3 Å². The van der Waals surface area contributed by atoms with Gasteiger partial charge in [-0.3, -0.25) is 4.79 Å². The lowest BCUT2D eigenvalue weighted by molar-refractivity contribution is 0.0198. The standard InChI is InChI=1S/C26H30N4O3/c1-26(2,3)33-25(32)29-14-5-6-19(16-29)17-9-11-18(12-10-17)23-28-21-8-4-7-20-22(21)30(23)15-13-27-24(20)31/h4,7-12,19H,5-6,13-16H2,1-3H3,(H,27,31). The van der Waals surface area contributed by atoms with E-state index in [0.717, 1.165) is 41.8 Å². The van der Waals surface area contributed by atoms with E-state index in [4.69, 9.17) is 9.72 Å². The van der Waals surface area contributed by atoms with Gasteiger partial charge < -0.3 is 19.5 Å². The van der Waals surface area contributed by atoms with Crippen LogP contribution in [0.5, 0.6) is 0 Å². The third kappa shape index (κ3) is 4.19. The zero-order chi connectivity index (χ0) is 23.2. The Labute approximate surface area is 193 Å². The van der Waals surface area contributed by atoms with Crippen LogP contribution < -0.4 is 5.32 Å². The van der Waals surface area contributed by atoms with Crippen molar-refractivity contribution in [1.82, 2.24) is 19.8 Å². The first-order valence-electron chi connectivity index (χ1n) is 11.7. The molecule has 0 spiro atoms. The molecule has 0 saturated carbocycles. The molecule has 1 aromatic heterocycles. The third-order valence-electron chi connectivity index (χ3n) is 6.35. The van der Waals surface area contributed by atoms with Crippen molar-refractivity contribution in [1.29, 1.82) is 0 Å². The average Bonchev–Trinajstić information content (AvgIpc) is 3.07. The minimum Gasteiger partial charge on any atom is -0.444 e. The number of ether oxygens (including phenoxy) is 1. The molecule has 0 aliphatic carbocycles. The van der Waals surface area contributed by atoms with Gasteiger partial charge in [-0.25, -0.2) is 9.78 Å². The molecule has 2 aliphatic rings. The number of imidazole rings is 1. The van der Waals surface area contributed by atoms with Crippen molar-refractivity contribution in [2.75, 3.05) is 19.6 Å². The number of benzene rings is 2. The Morgan fingerprint density at radius 1 is 1.12 bits per heavy atom. The second kappa shape index (κ2) is 8.21. The third-order valence-corrected chi connectivity index (χ3v) is 6.35. The van der Waals surface area contributed by atoms with E-state index in [2.05, 4.69) is 34.1 Å². The number of carbonyl (C=O) groups is 2. The Balaban J connectivity index is 1.40. The normalized spacial score (nSPS) is 18.7. The summed E-state index contributed by atoms with van der Waals surface area (Å²) in [6, 6.07) is 14.2. The highest BCUT2D eigenvalue weighted by molar-refractivity contribution is 6.06. The van der Waals surface area contributed by atoms with Crippen molar-refractivity contribution in [2.45, 2.75) is 51.7 Å². The van der Waals surface area contributed by atoms with E-state index in [1.165, 1.54) is 5.56 Å². The zero-order valence-electron chi connectivity index (χ0n) is 19.4. The summed E-state index contributed by atoms with van der Waals surface area (Å²) in [6.07, 6.45) is 1.78. The Bertz CT molecular complexity index is 1210. The number of carbonyl (C=O) groups excluding carboxylic acids is 2. The van der Waals surface area contributed by atoms with Gasteiger partial charge in [-0.15, -0.1) is 0 Å². The first-order chi connectivity index (χ1) is 15.8. The summed E-state index contributed by atoms with van der Waals surface area (Å²) in [5, 5.41) is 2.97. The topological polar surface area (TPSA) is 76.5 Å². The molecule has 1 N–H and O–H groups in total. The summed E-state index contributed by atoms with van der Waals surface area (Å²) in [6.45, 7) is 8.36. The van der Waals surface area contributed by atoms with E-state index in [9.17, 15) is 9.59 Å². The molecule has 1 unspecified atom stereocenters. The van der Waals surface area contributed by atoms with E-state index in [-0.39, 0.29) is 17.9 Å². The molecule has 2 aliphatic heterocycles. The molecule has 1 saturated heterocycles. The highest BCUT2D eigenvalue weighted by Gasteiger charge is 2.28. The van der Waals surface area contributed by atoms with Gasteiger partial charge in [-0.1, -0.05) is 30.3 Å². The van der Waals surface area contributed by atoms with E-state index < -0.39 is 5.60 Å². The van der Waals surface area contributed by atoms with Crippen LogP contribution in [0.3, 0.4) is 0 Å². The molecule has 2 aromatic carbocycles. The maximum Gasteiger partial charge on any atom is 0.410 e. The maximum atomic E-state index is 12.5. The molecule has 7 heteroatoms. The van der Waals surface area contributed by atoms with Crippen LogP contribution in [0.2, 0.25) is 0 Å². The molecule has 172 valence electrons. The molecular weight excluding hydrogens is 416 g/mol. The lowest BCUT2D eigenvalue weighted by atomic mass is 9.90. The summed E-state index contributed by atoms with van der Waals surface area (Å²) in [5.74, 6) is 1.11. The summed E-state index contributed by atoms with van der Waals surface area (Å²) in [4.78, 5) is 31.6. The van der Waals surface area contributed by atoms with Crippen LogP contribution in [0.4, 0.5) is 4.79 Å². The lowest BCUT2D eigenvalue weighted by Crippen LogP contribution is -2.42. The highest BCUT2D eigenvalue weighted by Crippen LogP contribution is 2.32. The Morgan fingerprint density at radius 3 is 2.67 bits per heavy atom. The van der Waals surface area contributed by atoms with Gasteiger partial charge in [-0.05, 0) is 51.3 Å². The maximum absolute atomic E-state index is 12.5. The highest BCUT2D eigenvalue weighted by atomic mass is 16.6. The number of likely N-dealkylation sites (tertiary alicyclic amines) is 1. The lowest BCUT2D eigenvalue weighted by Gasteiger charge is -2.34. The van der Waals surface area contributed by atoms with E-state index in [0.29, 0.717) is 25.2 Å². The van der Waals surface area contributed by atoms with E-state index in [1.54, 1.807) is 0 Å². The van der Waals surface area contributed by atoms with Crippen molar-refractivity contribution >= 4 is 23.0 Å². The monoisotopic (exact) mass is 446 g/mol. The minimum atomic E-state index is -0.488. The molecule has 2 amide bonds. The van der Waals surface area contributed by atoms with Gasteiger partial charge in [0.05, 0.1) is 16.6 Å². The average molecular weight is 447 g/mol. The molecule has 3 heterocycles. The predicted octanol–water partition coefficient (Wildman–Crippen LogP) is 4.56. The fourth-order valence-corrected chi connectivity index (χ4v) is 4.83. The number of nitrogens with zero attached hydrogens (tertiary/aromatic N) is 3. The molecule has 1 fully saturated rings. The van der Waals surface area contributed by atoms with Gasteiger partial charge in [0.2, 0.25) is 0 Å². The van der Waals surface area contributed by atoms with Crippen molar-refractivity contribution in [2.24, 2.45) is 0 Å². The minimum absolute atomic E-state index is 0.0482. The van der Waals surface area contributed by atoms with E-state index >= 15 is 0 Å². The van der Waals surface area contributed by atoms with E-state index in [1.807, 2.05) is 43.9 Å². The Kier molecular flexibility index (Phi) is 5.35. The first kappa shape index (κ1) is 21.5. The molecular formula is C26H30N4O3. The van der Waals surface area contributed by atoms with Gasteiger partial charge in [0, 0.05) is 37.7 Å². The van der Waals surface area contributed by atoms with Crippen molar-refractivity contribution in [3.8, 4) is 11.4 Å². The number of aromatic nitrogens is 2. The van der Waals surface area contributed by atoms with Gasteiger partial charge >= 0.3 is 6.09 Å². The van der Waals surface area contributed by atoms with Crippen LogP contribution in [0.1, 0.15) is 55.5 Å². The van der Waals surface area contributed by atoms with Gasteiger partial charge in [0.1, 0.15) is 11.4 Å². The predicted molar refractivity (Wildman–Crippen MR) is 127 cm³/mol. The van der Waals surface area contributed by atoms with Crippen LogP contribution in [0, 0.1) is 0 Å². The van der Waals surface area contributed by atoms with Crippen LogP contribution in [0.15, 0.2) is 42.5 Å². The summed E-state index contributed by atoms with van der Waals surface area (Å²) < 4.78 is 7.71. The zero-order valence-corrected chi connectivity index (χ0v) is 19.4. The fourth-order valence-electron chi connectivity index (χ4n) is 4.83. The number of para-hydroxylation sites is 1. The van der Waals surface area contributed by atoms with Crippen LogP contribution in [0.25, 0.3) is 22.4 Å². The number of hydrogen-bond donors (Lipinski definition) is 1. The number of piperidine rings is 1. The second-order valence-electron chi connectivity index (χ2n) is 9.90. The van der Waals surface area contributed by atoms with Crippen molar-refractivity contribution < 1.29 is 14.3 Å². The number of nitrogens with one attached hydrogen (secondary N) is 1. The Morgan fingerprint density at radius 2 is 1.91 bits per heavy atom. The summed E-state index contributed by atoms with van der Waals surface area (Å²) >= 11 is 0. The molecule has 1 atom stereocenters. The summed E-state index contributed by atoms with van der Waals surface area (Å²) in [5.41, 5.74) is 4.16. The smallest absolute Gasteiger partial charge is 0.410 e. The van der Waals surface area contributed by atoms with Gasteiger partial charge in [0.25, 0.3) is 5.91 Å². The first-order valence-corrected chi connectivity index (χ1v) is 11.7. The number of rotatable bonds is 2. The van der Waals surface area contributed by atoms with Crippen molar-refractivity contribution in [3.63, 3.8) is 0 Å². The molecule has 7 nitrogen and oxygen atoms in total. The Hall–Kier alpha value is -3.35. The SMILES string of the molecule is CC(C)(C)OC(=O)N1CCCC(c2ccc(-c3nc4cccc5c4n3CCNC5=O)cc2)C1. The second-order valence-corrected chi connectivity index (χ2v) is 9.90.